The molecule has 2 aliphatic rings. The average molecular weight is 418 g/mol. The molecule has 2 N–H and O–H groups in total. The summed E-state index contributed by atoms with van der Waals surface area (Å²) in [5.41, 5.74) is -1.29. The SMILES string of the molecule is CC(C)(C)OC(=O)N1C2CCCC1CC(NC(=O)OCc1ccccc1)(C(=O)O)C2. The Balaban J connectivity index is 1.71. The topological polar surface area (TPSA) is 105 Å². The van der Waals surface area contributed by atoms with Crippen LogP contribution in [-0.4, -0.2) is 51.4 Å². The van der Waals surface area contributed by atoms with Gasteiger partial charge in [-0.3, -0.25) is 0 Å². The lowest BCUT2D eigenvalue weighted by atomic mass is 9.73. The third kappa shape index (κ3) is 5.04. The van der Waals surface area contributed by atoms with E-state index in [1.54, 1.807) is 25.7 Å². The largest absolute Gasteiger partial charge is 0.480 e. The summed E-state index contributed by atoms with van der Waals surface area (Å²) in [6.45, 7) is 5.46. The molecule has 30 heavy (non-hydrogen) atoms. The van der Waals surface area contributed by atoms with Gasteiger partial charge < -0.3 is 24.8 Å². The van der Waals surface area contributed by atoms with Crippen molar-refractivity contribution in [3.8, 4) is 0 Å². The summed E-state index contributed by atoms with van der Waals surface area (Å²) in [5, 5.41) is 12.6. The fraction of sp³-hybridized carbons (Fsp3) is 0.591. The number of carbonyl (C=O) groups excluding carboxylic acids is 2. The van der Waals surface area contributed by atoms with Gasteiger partial charge in [-0.05, 0) is 45.6 Å². The Morgan fingerprint density at radius 1 is 1.13 bits per heavy atom. The van der Waals surface area contributed by atoms with Crippen molar-refractivity contribution in [2.24, 2.45) is 0 Å². The van der Waals surface area contributed by atoms with E-state index >= 15 is 0 Å². The lowest BCUT2D eigenvalue weighted by Gasteiger charge is -2.51. The summed E-state index contributed by atoms with van der Waals surface area (Å²) in [7, 11) is 0. The molecule has 1 aromatic carbocycles. The number of aliphatic carboxylic acids is 1. The Kier molecular flexibility index (Phi) is 6.24. The first kappa shape index (κ1) is 21.9. The molecular formula is C22H30N2O6. The minimum Gasteiger partial charge on any atom is -0.480 e. The highest BCUT2D eigenvalue weighted by atomic mass is 16.6. The van der Waals surface area contributed by atoms with Crippen molar-refractivity contribution in [1.82, 2.24) is 10.2 Å². The molecule has 1 aromatic rings. The molecule has 2 amide bonds. The summed E-state index contributed by atoms with van der Waals surface area (Å²) in [5.74, 6) is -1.11. The van der Waals surface area contributed by atoms with Crippen LogP contribution < -0.4 is 5.32 Å². The van der Waals surface area contributed by atoms with Crippen LogP contribution in [0, 0.1) is 0 Å². The molecular weight excluding hydrogens is 388 g/mol. The van der Waals surface area contributed by atoms with Gasteiger partial charge in [0.1, 0.15) is 17.7 Å². The Morgan fingerprint density at radius 2 is 1.73 bits per heavy atom. The number of nitrogens with zero attached hydrogens (tertiary/aromatic N) is 1. The van der Waals surface area contributed by atoms with E-state index in [0.717, 1.165) is 12.0 Å². The third-order valence-electron chi connectivity index (χ3n) is 5.60. The Morgan fingerprint density at radius 3 is 2.27 bits per heavy atom. The second kappa shape index (κ2) is 8.53. The zero-order valence-electron chi connectivity index (χ0n) is 17.7. The fourth-order valence-electron chi connectivity index (χ4n) is 4.35. The van der Waals surface area contributed by atoms with Crippen LogP contribution in [0.15, 0.2) is 30.3 Å². The standard InChI is InChI=1S/C22H30N2O6/c1-21(2,3)30-20(28)24-16-10-7-11-17(24)13-22(12-16,18(25)26)23-19(27)29-14-15-8-5-4-6-9-15/h4-6,8-9,16-17H,7,10-14H2,1-3H3,(H,23,27)(H,25,26). The minimum absolute atomic E-state index is 0.0548. The number of alkyl carbamates (subject to hydrolysis) is 1. The van der Waals surface area contributed by atoms with Crippen LogP contribution >= 0.6 is 0 Å². The lowest BCUT2D eigenvalue weighted by molar-refractivity contribution is -0.150. The van der Waals surface area contributed by atoms with Crippen molar-refractivity contribution in [3.05, 3.63) is 35.9 Å². The van der Waals surface area contributed by atoms with Gasteiger partial charge in [-0.1, -0.05) is 30.3 Å². The number of carbonyl (C=O) groups is 3. The molecule has 8 heteroatoms. The van der Waals surface area contributed by atoms with E-state index < -0.39 is 29.3 Å². The molecule has 2 saturated heterocycles. The van der Waals surface area contributed by atoms with Gasteiger partial charge in [-0.15, -0.1) is 0 Å². The molecule has 3 rings (SSSR count). The first-order chi connectivity index (χ1) is 14.1. The maximum atomic E-state index is 12.7. The molecule has 0 aliphatic carbocycles. The van der Waals surface area contributed by atoms with Crippen molar-refractivity contribution >= 4 is 18.2 Å². The zero-order valence-corrected chi connectivity index (χ0v) is 17.7. The van der Waals surface area contributed by atoms with Gasteiger partial charge in [0.2, 0.25) is 0 Å². The number of nitrogens with one attached hydrogen (secondary N) is 1. The van der Waals surface area contributed by atoms with Crippen molar-refractivity contribution < 1.29 is 29.0 Å². The summed E-state index contributed by atoms with van der Waals surface area (Å²) >= 11 is 0. The fourth-order valence-corrected chi connectivity index (χ4v) is 4.35. The summed E-state index contributed by atoms with van der Waals surface area (Å²) in [6.07, 6.45) is 1.30. The van der Waals surface area contributed by atoms with Gasteiger partial charge in [0, 0.05) is 24.9 Å². The molecule has 0 saturated carbocycles. The second-order valence-electron chi connectivity index (χ2n) is 9.11. The van der Waals surface area contributed by atoms with Crippen LogP contribution in [0.3, 0.4) is 0 Å². The lowest BCUT2D eigenvalue weighted by Crippen LogP contribution is -2.67. The quantitative estimate of drug-likeness (QED) is 0.773. The van der Waals surface area contributed by atoms with Crippen LogP contribution in [0.25, 0.3) is 0 Å². The highest BCUT2D eigenvalue weighted by Gasteiger charge is 2.54. The number of carboxylic acids is 1. The van der Waals surface area contributed by atoms with Gasteiger partial charge >= 0.3 is 18.2 Å². The number of carboxylic acid groups (broad SMARTS) is 1. The van der Waals surface area contributed by atoms with Crippen molar-refractivity contribution in [3.63, 3.8) is 0 Å². The van der Waals surface area contributed by atoms with Gasteiger partial charge in [-0.2, -0.15) is 0 Å². The highest BCUT2D eigenvalue weighted by Crippen LogP contribution is 2.40. The van der Waals surface area contributed by atoms with Crippen LogP contribution in [-0.2, 0) is 20.9 Å². The van der Waals surface area contributed by atoms with E-state index in [2.05, 4.69) is 5.32 Å². The van der Waals surface area contributed by atoms with E-state index in [1.165, 1.54) is 0 Å². The Hall–Kier alpha value is -2.77. The first-order valence-electron chi connectivity index (χ1n) is 10.3. The summed E-state index contributed by atoms with van der Waals surface area (Å²) in [4.78, 5) is 39.0. The van der Waals surface area contributed by atoms with Gasteiger partial charge in [0.05, 0.1) is 0 Å². The van der Waals surface area contributed by atoms with Crippen LogP contribution in [0.4, 0.5) is 9.59 Å². The van der Waals surface area contributed by atoms with E-state index in [9.17, 15) is 19.5 Å². The number of ether oxygens (including phenoxy) is 2. The molecule has 2 fully saturated rings. The van der Waals surface area contributed by atoms with Crippen molar-refractivity contribution in [2.75, 3.05) is 0 Å². The zero-order chi connectivity index (χ0) is 21.9. The monoisotopic (exact) mass is 418 g/mol. The van der Waals surface area contributed by atoms with Gasteiger partial charge in [-0.25, -0.2) is 14.4 Å². The number of hydrogen-bond donors (Lipinski definition) is 2. The van der Waals surface area contributed by atoms with E-state index in [1.807, 2.05) is 30.3 Å². The van der Waals surface area contributed by atoms with Crippen molar-refractivity contribution in [2.45, 2.75) is 82.7 Å². The maximum Gasteiger partial charge on any atom is 0.410 e. The predicted octanol–water partition coefficient (Wildman–Crippen LogP) is 3.69. The number of amides is 2. The Labute approximate surface area is 176 Å². The second-order valence-corrected chi connectivity index (χ2v) is 9.11. The molecule has 164 valence electrons. The molecule has 2 aliphatic heterocycles. The van der Waals surface area contributed by atoms with Crippen molar-refractivity contribution in [1.29, 1.82) is 0 Å². The molecule has 2 unspecified atom stereocenters. The molecule has 2 heterocycles. The summed E-state index contributed by atoms with van der Waals surface area (Å²) in [6, 6.07) is 8.57. The number of piperidine rings is 2. The average Bonchev–Trinajstić information content (AvgIpc) is 2.65. The maximum absolute atomic E-state index is 12.7. The number of hydrogen-bond acceptors (Lipinski definition) is 5. The van der Waals surface area contributed by atoms with E-state index in [0.29, 0.717) is 12.8 Å². The molecule has 0 aromatic heterocycles. The Bertz CT molecular complexity index is 775. The predicted molar refractivity (Wildman–Crippen MR) is 109 cm³/mol. The number of benzene rings is 1. The van der Waals surface area contributed by atoms with Gasteiger partial charge in [0.25, 0.3) is 0 Å². The highest BCUT2D eigenvalue weighted by molar-refractivity contribution is 5.85. The molecule has 2 atom stereocenters. The van der Waals surface area contributed by atoms with Crippen LogP contribution in [0.1, 0.15) is 58.4 Å². The minimum atomic E-state index is -1.47. The molecule has 0 radical (unpaired) electrons. The number of fused-ring (bicyclic) bond motifs is 2. The molecule has 8 nitrogen and oxygen atoms in total. The molecule has 0 spiro atoms. The first-order valence-corrected chi connectivity index (χ1v) is 10.3. The third-order valence-corrected chi connectivity index (χ3v) is 5.60. The van der Waals surface area contributed by atoms with Gasteiger partial charge in [0.15, 0.2) is 0 Å². The van der Waals surface area contributed by atoms with E-state index in [4.69, 9.17) is 9.47 Å². The van der Waals surface area contributed by atoms with Crippen LogP contribution in [0.5, 0.6) is 0 Å². The normalized spacial score (nSPS) is 25.9. The summed E-state index contributed by atoms with van der Waals surface area (Å²) < 4.78 is 10.8. The van der Waals surface area contributed by atoms with Crippen LogP contribution in [0.2, 0.25) is 0 Å². The number of rotatable bonds is 4. The van der Waals surface area contributed by atoms with E-state index in [-0.39, 0.29) is 31.5 Å². The smallest absolute Gasteiger partial charge is 0.410 e. The molecule has 2 bridgehead atoms.